The number of methoxy groups -OCH3 is 3. The Labute approximate surface area is 192 Å². The number of anilines is 1. The number of pyridine rings is 1. The fourth-order valence-electron chi connectivity index (χ4n) is 3.05. The van der Waals surface area contributed by atoms with Crippen molar-refractivity contribution in [3.8, 4) is 17.2 Å². The minimum atomic E-state index is -3.85. The molecule has 0 aliphatic heterocycles. The first kappa shape index (κ1) is 23.9. The fraction of sp³-hybridized carbons (Fsp3) is 0.217. The third-order valence-electron chi connectivity index (χ3n) is 4.77. The number of ether oxygens (including phenoxy) is 3. The van der Waals surface area contributed by atoms with Crippen molar-refractivity contribution in [2.45, 2.75) is 11.3 Å². The first-order valence-corrected chi connectivity index (χ1v) is 11.5. The summed E-state index contributed by atoms with van der Waals surface area (Å²) in [6.45, 7) is 0.371. The van der Waals surface area contributed by atoms with Crippen LogP contribution in [-0.4, -0.2) is 47.2 Å². The third kappa shape index (κ3) is 6.13. The van der Waals surface area contributed by atoms with E-state index in [1.165, 1.54) is 37.7 Å². The third-order valence-corrected chi connectivity index (χ3v) is 6.17. The van der Waals surface area contributed by atoms with E-state index in [0.717, 1.165) is 5.56 Å². The van der Waals surface area contributed by atoms with Gasteiger partial charge in [-0.15, -0.1) is 0 Å². The van der Waals surface area contributed by atoms with Crippen LogP contribution >= 0.6 is 0 Å². The Balaban J connectivity index is 1.62. The monoisotopic (exact) mass is 471 g/mol. The molecule has 0 saturated carbocycles. The maximum absolute atomic E-state index is 12.6. The molecule has 3 rings (SSSR count). The van der Waals surface area contributed by atoms with Gasteiger partial charge in [0.15, 0.2) is 11.5 Å². The molecule has 0 atom stereocenters. The molecular weight excluding hydrogens is 446 g/mol. The molecule has 0 aliphatic carbocycles. The number of hydrogen-bond acceptors (Lipinski definition) is 7. The number of amides is 1. The largest absolute Gasteiger partial charge is 0.497 e. The minimum absolute atomic E-state index is 0.0630. The van der Waals surface area contributed by atoms with E-state index in [2.05, 4.69) is 15.0 Å². The lowest BCUT2D eigenvalue weighted by atomic mass is 10.1. The van der Waals surface area contributed by atoms with E-state index in [4.69, 9.17) is 14.2 Å². The molecular formula is C23H25N3O6S. The van der Waals surface area contributed by atoms with Crippen LogP contribution in [0, 0.1) is 0 Å². The molecule has 0 radical (unpaired) electrons. The SMILES string of the molecule is COc1ccc(S(=O)(=O)Nc2cncc(C(=O)NCCc3ccc(OC)c(OC)c3)c2)cc1. The molecule has 0 aliphatic rings. The van der Waals surface area contributed by atoms with Crippen molar-refractivity contribution < 1.29 is 27.4 Å². The quantitative estimate of drug-likeness (QED) is 0.467. The summed E-state index contributed by atoms with van der Waals surface area (Å²) in [5.74, 6) is 1.42. The van der Waals surface area contributed by atoms with Crippen LogP contribution in [0.3, 0.4) is 0 Å². The maximum atomic E-state index is 12.6. The van der Waals surface area contributed by atoms with E-state index < -0.39 is 10.0 Å². The highest BCUT2D eigenvalue weighted by molar-refractivity contribution is 7.92. The number of benzene rings is 2. The number of carbonyl (C=O) groups excluding carboxylic acids is 1. The Kier molecular flexibility index (Phi) is 7.73. The second kappa shape index (κ2) is 10.7. The van der Waals surface area contributed by atoms with Crippen LogP contribution in [0.2, 0.25) is 0 Å². The smallest absolute Gasteiger partial charge is 0.261 e. The first-order chi connectivity index (χ1) is 15.9. The molecule has 0 bridgehead atoms. The number of hydrogen-bond donors (Lipinski definition) is 2. The van der Waals surface area contributed by atoms with Crippen LogP contribution in [-0.2, 0) is 16.4 Å². The van der Waals surface area contributed by atoms with Gasteiger partial charge in [0.1, 0.15) is 5.75 Å². The van der Waals surface area contributed by atoms with Crippen molar-refractivity contribution in [1.29, 1.82) is 0 Å². The summed E-state index contributed by atoms with van der Waals surface area (Å²) in [6, 6.07) is 12.9. The van der Waals surface area contributed by atoms with Gasteiger partial charge in [0.2, 0.25) is 0 Å². The zero-order valence-corrected chi connectivity index (χ0v) is 19.3. The van der Waals surface area contributed by atoms with Crippen LogP contribution in [0.25, 0.3) is 0 Å². The Hall–Kier alpha value is -3.79. The summed E-state index contributed by atoms with van der Waals surface area (Å²) in [4.78, 5) is 16.6. The van der Waals surface area contributed by atoms with Gasteiger partial charge in [0.05, 0.1) is 43.7 Å². The van der Waals surface area contributed by atoms with Crippen molar-refractivity contribution in [2.24, 2.45) is 0 Å². The topological polar surface area (TPSA) is 116 Å². The summed E-state index contributed by atoms with van der Waals surface area (Å²) in [5.41, 5.74) is 1.38. The average molecular weight is 472 g/mol. The molecule has 2 aromatic carbocycles. The molecule has 0 spiro atoms. The highest BCUT2D eigenvalue weighted by atomic mass is 32.2. The summed E-state index contributed by atoms with van der Waals surface area (Å²) >= 11 is 0. The van der Waals surface area contributed by atoms with Gasteiger partial charge in [-0.05, 0) is 54.4 Å². The van der Waals surface area contributed by atoms with Crippen LogP contribution in [0.1, 0.15) is 15.9 Å². The predicted octanol–water partition coefficient (Wildman–Crippen LogP) is 2.88. The highest BCUT2D eigenvalue weighted by Gasteiger charge is 2.16. The molecule has 10 heteroatoms. The van der Waals surface area contributed by atoms with Crippen LogP contribution in [0.4, 0.5) is 5.69 Å². The van der Waals surface area contributed by atoms with Crippen molar-refractivity contribution >= 4 is 21.6 Å². The summed E-state index contributed by atoms with van der Waals surface area (Å²) in [7, 11) is 0.781. The zero-order valence-electron chi connectivity index (χ0n) is 18.5. The zero-order chi connectivity index (χ0) is 23.8. The molecule has 0 saturated heterocycles. The number of nitrogens with zero attached hydrogens (tertiary/aromatic N) is 1. The number of nitrogens with one attached hydrogen (secondary N) is 2. The standard InChI is InChI=1S/C23H25N3O6S/c1-30-19-5-7-20(8-6-19)33(28,29)26-18-13-17(14-24-15-18)23(27)25-11-10-16-4-9-21(31-2)22(12-16)32-3/h4-9,12-15,26H,10-11H2,1-3H3,(H,25,27). The normalized spacial score (nSPS) is 10.9. The van der Waals surface area contributed by atoms with Gasteiger partial charge in [-0.1, -0.05) is 6.07 Å². The second-order valence-corrected chi connectivity index (χ2v) is 8.62. The van der Waals surface area contributed by atoms with E-state index in [9.17, 15) is 13.2 Å². The van der Waals surface area contributed by atoms with Gasteiger partial charge in [-0.3, -0.25) is 14.5 Å². The summed E-state index contributed by atoms with van der Waals surface area (Å²) < 4.78 is 43.2. The molecule has 0 fully saturated rings. The minimum Gasteiger partial charge on any atom is -0.497 e. The van der Waals surface area contributed by atoms with Gasteiger partial charge in [-0.25, -0.2) is 8.42 Å². The number of rotatable bonds is 10. The van der Waals surface area contributed by atoms with E-state index in [1.54, 1.807) is 32.4 Å². The molecule has 9 nitrogen and oxygen atoms in total. The Bertz CT molecular complexity index is 1210. The Morgan fingerprint density at radius 1 is 0.909 bits per heavy atom. The summed E-state index contributed by atoms with van der Waals surface area (Å²) in [6.07, 6.45) is 3.28. The number of carbonyl (C=O) groups is 1. The maximum Gasteiger partial charge on any atom is 0.261 e. The molecule has 33 heavy (non-hydrogen) atoms. The fourth-order valence-corrected chi connectivity index (χ4v) is 4.08. The van der Waals surface area contributed by atoms with Crippen molar-refractivity contribution in [3.05, 3.63) is 72.1 Å². The lowest BCUT2D eigenvalue weighted by Gasteiger charge is -2.11. The second-order valence-electron chi connectivity index (χ2n) is 6.94. The molecule has 1 amide bonds. The van der Waals surface area contributed by atoms with Gasteiger partial charge < -0.3 is 19.5 Å². The Morgan fingerprint density at radius 2 is 1.64 bits per heavy atom. The molecule has 0 unspecified atom stereocenters. The highest BCUT2D eigenvalue weighted by Crippen LogP contribution is 2.27. The Morgan fingerprint density at radius 3 is 2.30 bits per heavy atom. The molecule has 1 heterocycles. The van der Waals surface area contributed by atoms with E-state index in [-0.39, 0.29) is 22.1 Å². The van der Waals surface area contributed by atoms with Crippen LogP contribution < -0.4 is 24.2 Å². The summed E-state index contributed by atoms with van der Waals surface area (Å²) in [5, 5.41) is 2.81. The van der Waals surface area contributed by atoms with Crippen molar-refractivity contribution in [3.63, 3.8) is 0 Å². The molecule has 1 aromatic heterocycles. The molecule has 3 aromatic rings. The van der Waals surface area contributed by atoms with Crippen LogP contribution in [0.15, 0.2) is 65.8 Å². The number of sulfonamides is 1. The molecule has 174 valence electrons. The van der Waals surface area contributed by atoms with Gasteiger partial charge in [-0.2, -0.15) is 0 Å². The number of aromatic nitrogens is 1. The average Bonchev–Trinajstić information content (AvgIpc) is 2.83. The van der Waals surface area contributed by atoms with Gasteiger partial charge in [0.25, 0.3) is 15.9 Å². The van der Waals surface area contributed by atoms with Gasteiger partial charge >= 0.3 is 0 Å². The van der Waals surface area contributed by atoms with Gasteiger partial charge in [0, 0.05) is 12.7 Å². The van der Waals surface area contributed by atoms with E-state index in [1.807, 2.05) is 12.1 Å². The van der Waals surface area contributed by atoms with Crippen LogP contribution in [0.5, 0.6) is 17.2 Å². The predicted molar refractivity (Wildman–Crippen MR) is 124 cm³/mol. The first-order valence-electron chi connectivity index (χ1n) is 9.97. The van der Waals surface area contributed by atoms with Crippen molar-refractivity contribution in [2.75, 3.05) is 32.6 Å². The van der Waals surface area contributed by atoms with Crippen molar-refractivity contribution in [1.82, 2.24) is 10.3 Å². The lowest BCUT2D eigenvalue weighted by Crippen LogP contribution is -2.26. The van der Waals surface area contributed by atoms with E-state index >= 15 is 0 Å². The van der Waals surface area contributed by atoms with E-state index in [0.29, 0.717) is 30.2 Å². The molecule has 2 N–H and O–H groups in total. The lowest BCUT2D eigenvalue weighted by molar-refractivity contribution is 0.0954.